The maximum Gasteiger partial charge on any atom is 0.317 e. The van der Waals surface area contributed by atoms with Crippen molar-refractivity contribution in [2.45, 2.75) is 38.9 Å². The molecule has 18 heavy (non-hydrogen) atoms. The van der Waals surface area contributed by atoms with E-state index in [2.05, 4.69) is 25.7 Å². The first kappa shape index (κ1) is 15.4. The van der Waals surface area contributed by atoms with Gasteiger partial charge in [0.05, 0.1) is 6.54 Å². The maximum absolute atomic E-state index is 13.8. The molecule has 0 bridgehead atoms. The molecule has 4 nitrogen and oxygen atoms in total. The van der Waals surface area contributed by atoms with E-state index < -0.39 is 12.1 Å². The third kappa shape index (κ3) is 4.90. The van der Waals surface area contributed by atoms with Crippen molar-refractivity contribution < 1.29 is 14.3 Å². The molecule has 0 spiro atoms. The van der Waals surface area contributed by atoms with E-state index in [-0.39, 0.29) is 18.0 Å². The lowest BCUT2D eigenvalue weighted by Gasteiger charge is -2.43. The highest BCUT2D eigenvalue weighted by Crippen LogP contribution is 2.25. The summed E-state index contributed by atoms with van der Waals surface area (Å²) in [5, 5.41) is 8.72. The van der Waals surface area contributed by atoms with Crippen LogP contribution in [0.1, 0.15) is 27.2 Å². The first-order valence-corrected chi connectivity index (χ1v) is 6.48. The number of piperidine rings is 1. The van der Waals surface area contributed by atoms with Crippen LogP contribution in [-0.4, -0.2) is 65.8 Å². The van der Waals surface area contributed by atoms with Crippen LogP contribution in [0.25, 0.3) is 0 Å². The number of aliphatic carboxylic acids is 1. The Morgan fingerprint density at radius 2 is 2.06 bits per heavy atom. The SMILES string of the molecule is CN(CC(=O)O)CC1CC(F)CN(C(C)(C)C)C1. The maximum atomic E-state index is 13.8. The van der Waals surface area contributed by atoms with E-state index in [1.165, 1.54) is 0 Å². The number of likely N-dealkylation sites (N-methyl/N-ethyl adjacent to an activating group) is 1. The molecular formula is C13H25FN2O2. The number of halogens is 1. The first-order chi connectivity index (χ1) is 8.18. The van der Waals surface area contributed by atoms with Crippen molar-refractivity contribution in [3.05, 3.63) is 0 Å². The topological polar surface area (TPSA) is 43.8 Å². The summed E-state index contributed by atoms with van der Waals surface area (Å²) in [5.74, 6) is -0.630. The van der Waals surface area contributed by atoms with Gasteiger partial charge in [0.25, 0.3) is 0 Å². The van der Waals surface area contributed by atoms with E-state index in [9.17, 15) is 9.18 Å². The molecule has 106 valence electrons. The van der Waals surface area contributed by atoms with E-state index in [0.29, 0.717) is 19.5 Å². The summed E-state index contributed by atoms with van der Waals surface area (Å²) in [6.07, 6.45) is -0.266. The van der Waals surface area contributed by atoms with Gasteiger partial charge in [-0.25, -0.2) is 4.39 Å². The Bertz CT molecular complexity index is 291. The van der Waals surface area contributed by atoms with Gasteiger partial charge in [-0.1, -0.05) is 0 Å². The minimum Gasteiger partial charge on any atom is -0.480 e. The lowest BCUT2D eigenvalue weighted by Crippen LogP contribution is -2.52. The average molecular weight is 260 g/mol. The Balaban J connectivity index is 2.53. The first-order valence-electron chi connectivity index (χ1n) is 6.48. The molecule has 0 aromatic rings. The van der Waals surface area contributed by atoms with Crippen LogP contribution in [0, 0.1) is 5.92 Å². The number of alkyl halides is 1. The standard InChI is InChI=1S/C13H25FN2O2/c1-13(2,3)16-7-10(5-11(14)8-16)6-15(4)9-12(17)18/h10-11H,5-9H2,1-4H3,(H,17,18). The van der Waals surface area contributed by atoms with Crippen LogP contribution in [0.5, 0.6) is 0 Å². The summed E-state index contributed by atoms with van der Waals surface area (Å²) in [4.78, 5) is 14.5. The Labute approximate surface area is 109 Å². The third-order valence-corrected chi connectivity index (χ3v) is 3.41. The van der Waals surface area contributed by atoms with Crippen molar-refractivity contribution in [2.24, 2.45) is 5.92 Å². The summed E-state index contributed by atoms with van der Waals surface area (Å²) < 4.78 is 13.8. The van der Waals surface area contributed by atoms with Crippen molar-refractivity contribution in [2.75, 3.05) is 33.2 Å². The molecule has 1 aliphatic rings. The van der Waals surface area contributed by atoms with Gasteiger partial charge >= 0.3 is 5.97 Å². The second kappa shape index (κ2) is 5.97. The minimum atomic E-state index is -0.835. The number of hydrogen-bond acceptors (Lipinski definition) is 3. The molecule has 0 radical (unpaired) electrons. The zero-order valence-electron chi connectivity index (χ0n) is 11.8. The van der Waals surface area contributed by atoms with Gasteiger partial charge in [0.2, 0.25) is 0 Å². The Morgan fingerprint density at radius 3 is 2.56 bits per heavy atom. The van der Waals surface area contributed by atoms with Gasteiger partial charge in [0.1, 0.15) is 6.17 Å². The molecule has 0 aromatic carbocycles. The Kier molecular flexibility index (Phi) is 5.10. The van der Waals surface area contributed by atoms with Crippen LogP contribution in [-0.2, 0) is 4.79 Å². The fourth-order valence-electron chi connectivity index (χ4n) is 2.55. The van der Waals surface area contributed by atoms with Crippen molar-refractivity contribution in [3.8, 4) is 0 Å². The second-order valence-electron chi connectivity index (χ2n) is 6.37. The van der Waals surface area contributed by atoms with E-state index in [1.807, 2.05) is 0 Å². The molecule has 1 aliphatic heterocycles. The van der Waals surface area contributed by atoms with E-state index in [0.717, 1.165) is 6.54 Å². The highest BCUT2D eigenvalue weighted by atomic mass is 19.1. The number of rotatable bonds is 4. The predicted molar refractivity (Wildman–Crippen MR) is 69.5 cm³/mol. The molecule has 0 saturated carbocycles. The van der Waals surface area contributed by atoms with Crippen LogP contribution in [0.2, 0.25) is 0 Å². The summed E-state index contributed by atoms with van der Waals surface area (Å²) in [6, 6.07) is 0. The molecule has 0 amide bonds. The van der Waals surface area contributed by atoms with Crippen LogP contribution >= 0.6 is 0 Å². The predicted octanol–water partition coefficient (Wildman–Crippen LogP) is 1.46. The lowest BCUT2D eigenvalue weighted by atomic mass is 9.92. The van der Waals surface area contributed by atoms with E-state index >= 15 is 0 Å². The zero-order chi connectivity index (χ0) is 13.9. The molecule has 1 fully saturated rings. The number of carboxylic acids is 1. The smallest absolute Gasteiger partial charge is 0.317 e. The average Bonchev–Trinajstić information content (AvgIpc) is 2.13. The molecule has 1 heterocycles. The van der Waals surface area contributed by atoms with Gasteiger partial charge in [-0.2, -0.15) is 0 Å². The van der Waals surface area contributed by atoms with Gasteiger partial charge in [0, 0.05) is 25.2 Å². The second-order valence-corrected chi connectivity index (χ2v) is 6.37. The van der Waals surface area contributed by atoms with Crippen molar-refractivity contribution in [1.82, 2.24) is 9.80 Å². The molecule has 0 aliphatic carbocycles. The Hall–Kier alpha value is -0.680. The normalized spacial score (nSPS) is 26.6. The summed E-state index contributed by atoms with van der Waals surface area (Å²) in [7, 11) is 1.78. The highest BCUT2D eigenvalue weighted by molar-refractivity contribution is 5.68. The monoisotopic (exact) mass is 260 g/mol. The molecule has 0 aromatic heterocycles. The van der Waals surface area contributed by atoms with Gasteiger partial charge in [-0.3, -0.25) is 14.6 Å². The van der Waals surface area contributed by atoms with E-state index in [1.54, 1.807) is 11.9 Å². The number of nitrogens with zero attached hydrogens (tertiary/aromatic N) is 2. The molecule has 5 heteroatoms. The highest BCUT2D eigenvalue weighted by Gasteiger charge is 2.33. The fourth-order valence-corrected chi connectivity index (χ4v) is 2.55. The fraction of sp³-hybridized carbons (Fsp3) is 0.923. The zero-order valence-corrected chi connectivity index (χ0v) is 11.8. The van der Waals surface area contributed by atoms with Crippen LogP contribution in [0.4, 0.5) is 4.39 Å². The third-order valence-electron chi connectivity index (χ3n) is 3.41. The molecule has 1 N–H and O–H groups in total. The van der Waals surface area contributed by atoms with E-state index in [4.69, 9.17) is 5.11 Å². The van der Waals surface area contributed by atoms with Crippen LogP contribution in [0.3, 0.4) is 0 Å². The lowest BCUT2D eigenvalue weighted by molar-refractivity contribution is -0.138. The van der Waals surface area contributed by atoms with Gasteiger partial charge in [-0.05, 0) is 40.2 Å². The van der Waals surface area contributed by atoms with Gasteiger partial charge in [-0.15, -0.1) is 0 Å². The van der Waals surface area contributed by atoms with Crippen molar-refractivity contribution in [3.63, 3.8) is 0 Å². The summed E-state index contributed by atoms with van der Waals surface area (Å²) >= 11 is 0. The van der Waals surface area contributed by atoms with Crippen molar-refractivity contribution in [1.29, 1.82) is 0 Å². The summed E-state index contributed by atoms with van der Waals surface area (Å²) in [6.45, 7) is 8.24. The number of likely N-dealkylation sites (tertiary alicyclic amines) is 1. The van der Waals surface area contributed by atoms with Gasteiger partial charge < -0.3 is 5.11 Å². The van der Waals surface area contributed by atoms with Crippen LogP contribution < -0.4 is 0 Å². The molecular weight excluding hydrogens is 235 g/mol. The molecule has 1 rings (SSSR count). The molecule has 2 unspecified atom stereocenters. The molecule has 2 atom stereocenters. The number of hydrogen-bond donors (Lipinski definition) is 1. The molecule has 1 saturated heterocycles. The largest absolute Gasteiger partial charge is 0.480 e. The summed E-state index contributed by atoms with van der Waals surface area (Å²) in [5.41, 5.74) is -0.0334. The van der Waals surface area contributed by atoms with Gasteiger partial charge in [0.15, 0.2) is 0 Å². The Morgan fingerprint density at radius 1 is 1.44 bits per heavy atom. The number of carbonyl (C=O) groups is 1. The van der Waals surface area contributed by atoms with Crippen LogP contribution in [0.15, 0.2) is 0 Å². The number of carboxylic acid groups (broad SMARTS) is 1. The van der Waals surface area contributed by atoms with Crippen molar-refractivity contribution >= 4 is 5.97 Å². The minimum absolute atomic E-state index is 0.0168. The quantitative estimate of drug-likeness (QED) is 0.831.